The molecule has 0 saturated carbocycles. The zero-order valence-electron chi connectivity index (χ0n) is 15.9. The van der Waals surface area contributed by atoms with Crippen LogP contribution in [0.1, 0.15) is 60.2 Å². The lowest BCUT2D eigenvalue weighted by Gasteiger charge is -2.19. The van der Waals surface area contributed by atoms with Gasteiger partial charge in [0.15, 0.2) is 0 Å². The molecule has 0 aliphatic rings. The zero-order valence-corrected chi connectivity index (χ0v) is 15.9. The Kier molecular flexibility index (Phi) is 5.69. The molecule has 0 saturated heterocycles. The number of hydrogen-bond donors (Lipinski definition) is 4. The number of unbranched alkanes of at least 4 members (excludes halogenated alkanes) is 2. The number of benzene rings is 1. The van der Waals surface area contributed by atoms with Gasteiger partial charge >= 0.3 is 0 Å². The lowest BCUT2D eigenvalue weighted by molar-refractivity contribution is 0.303. The normalized spacial score (nSPS) is 11.3. The van der Waals surface area contributed by atoms with Crippen LogP contribution in [0.25, 0.3) is 0 Å². The predicted molar refractivity (Wildman–Crippen MR) is 105 cm³/mol. The van der Waals surface area contributed by atoms with Gasteiger partial charge in [0.25, 0.3) is 11.1 Å². The molecule has 3 rings (SSSR count). The summed E-state index contributed by atoms with van der Waals surface area (Å²) in [5, 5.41) is 11.0. The minimum absolute atomic E-state index is 0.238. The average Bonchev–Trinajstić information content (AvgIpc) is 3.17. The molecule has 0 unspecified atom stereocenters. The lowest BCUT2D eigenvalue weighted by Crippen LogP contribution is -2.21. The number of hydrogen-bond acceptors (Lipinski definition) is 3. The van der Waals surface area contributed by atoms with E-state index in [0.29, 0.717) is 34.9 Å². The second kappa shape index (κ2) is 8.16. The van der Waals surface area contributed by atoms with Crippen LogP contribution >= 0.6 is 0 Å². The first kappa shape index (κ1) is 18.8. The third kappa shape index (κ3) is 3.77. The van der Waals surface area contributed by atoms with Gasteiger partial charge in [-0.2, -0.15) is 0 Å². The molecule has 7 nitrogen and oxygen atoms in total. The number of H-pyrrole nitrogens is 4. The van der Waals surface area contributed by atoms with E-state index < -0.39 is 5.92 Å². The van der Waals surface area contributed by atoms with Gasteiger partial charge in [0.2, 0.25) is 0 Å². The number of aromatic nitrogens is 4. The van der Waals surface area contributed by atoms with Gasteiger partial charge in [-0.25, -0.2) is 0 Å². The average molecular weight is 370 g/mol. The Morgan fingerprint density at radius 2 is 1.48 bits per heavy atom. The smallest absolute Gasteiger partial charge is 0.268 e. The summed E-state index contributed by atoms with van der Waals surface area (Å²) in [6.45, 7) is 6.39. The molecular weight excluding hydrogens is 344 g/mol. The van der Waals surface area contributed by atoms with Crippen LogP contribution in [0.5, 0.6) is 5.75 Å². The first-order valence-corrected chi connectivity index (χ1v) is 9.30. The van der Waals surface area contributed by atoms with Crippen molar-refractivity contribution >= 4 is 0 Å². The molecule has 2 aromatic heterocycles. The van der Waals surface area contributed by atoms with Crippen LogP contribution < -0.4 is 15.9 Å². The molecule has 3 aromatic rings. The summed E-state index contributed by atoms with van der Waals surface area (Å²) in [5.41, 5.74) is 2.77. The first-order chi connectivity index (χ1) is 13.0. The highest BCUT2D eigenvalue weighted by molar-refractivity contribution is 5.50. The van der Waals surface area contributed by atoms with Gasteiger partial charge in [-0.15, -0.1) is 0 Å². The molecule has 27 heavy (non-hydrogen) atoms. The summed E-state index contributed by atoms with van der Waals surface area (Å²) in [6, 6.07) is 7.60. The van der Waals surface area contributed by atoms with Crippen molar-refractivity contribution in [1.29, 1.82) is 0 Å². The maximum Gasteiger partial charge on any atom is 0.268 e. The van der Waals surface area contributed by atoms with Gasteiger partial charge in [0.05, 0.1) is 23.7 Å². The second-order valence-corrected chi connectivity index (χ2v) is 6.76. The number of rotatable bonds is 8. The minimum atomic E-state index is -0.530. The van der Waals surface area contributed by atoms with E-state index in [-0.39, 0.29) is 11.1 Å². The Balaban J connectivity index is 2.13. The molecule has 0 aliphatic heterocycles. The van der Waals surface area contributed by atoms with Crippen molar-refractivity contribution in [2.75, 3.05) is 6.61 Å². The maximum atomic E-state index is 12.5. The Hall–Kier alpha value is -2.96. The SMILES string of the molecule is CCCCCOc1ccccc1C(c1c(C)[nH][nH]c1=O)c1c(C)[nH][nH]c1=O. The summed E-state index contributed by atoms with van der Waals surface area (Å²) in [6.07, 6.45) is 3.17. The fraction of sp³-hybridized carbons (Fsp3) is 0.400. The summed E-state index contributed by atoms with van der Waals surface area (Å²) in [5.74, 6) is 0.163. The summed E-state index contributed by atoms with van der Waals surface area (Å²) >= 11 is 0. The van der Waals surface area contributed by atoms with Crippen LogP contribution in [0.4, 0.5) is 0 Å². The Morgan fingerprint density at radius 3 is 2.00 bits per heavy atom. The highest BCUT2D eigenvalue weighted by atomic mass is 16.5. The van der Waals surface area contributed by atoms with Crippen LogP contribution in [0, 0.1) is 13.8 Å². The summed E-state index contributed by atoms with van der Waals surface area (Å²) in [4.78, 5) is 25.1. The van der Waals surface area contributed by atoms with E-state index in [0.717, 1.165) is 24.8 Å². The summed E-state index contributed by atoms with van der Waals surface area (Å²) in [7, 11) is 0. The molecule has 0 bridgehead atoms. The van der Waals surface area contributed by atoms with Gasteiger partial charge in [-0.1, -0.05) is 38.0 Å². The van der Waals surface area contributed by atoms with Crippen molar-refractivity contribution < 1.29 is 4.74 Å². The second-order valence-electron chi connectivity index (χ2n) is 6.76. The molecule has 1 aromatic carbocycles. The molecule has 7 heteroatoms. The van der Waals surface area contributed by atoms with Crippen LogP contribution in [0.15, 0.2) is 33.9 Å². The van der Waals surface area contributed by atoms with E-state index in [1.54, 1.807) is 0 Å². The van der Waals surface area contributed by atoms with Crippen LogP contribution in [0.2, 0.25) is 0 Å². The van der Waals surface area contributed by atoms with Crippen molar-refractivity contribution in [3.8, 4) is 5.75 Å². The molecule has 0 atom stereocenters. The van der Waals surface area contributed by atoms with Crippen LogP contribution in [0.3, 0.4) is 0 Å². The van der Waals surface area contributed by atoms with Gasteiger partial charge < -0.3 is 14.9 Å². The standard InChI is InChI=1S/C20H26N4O3/c1-4-5-8-11-27-15-10-7-6-9-14(15)18(16-12(2)21-23-19(16)25)17-13(3)22-24-20(17)26/h6-7,9-10,18H,4-5,8,11H2,1-3H3,(H2,21,23,25)(H2,22,24,26). The number of para-hydroxylation sites is 1. The van der Waals surface area contributed by atoms with Crippen LogP contribution in [-0.4, -0.2) is 27.0 Å². The minimum Gasteiger partial charge on any atom is -0.493 e. The fourth-order valence-corrected chi connectivity index (χ4v) is 3.45. The molecule has 0 fully saturated rings. The molecule has 0 amide bonds. The van der Waals surface area contributed by atoms with E-state index in [2.05, 4.69) is 27.3 Å². The molecule has 4 N–H and O–H groups in total. The highest BCUT2D eigenvalue weighted by Gasteiger charge is 2.30. The quantitative estimate of drug-likeness (QED) is 0.458. The highest BCUT2D eigenvalue weighted by Crippen LogP contribution is 2.36. The molecular formula is C20H26N4O3. The van der Waals surface area contributed by atoms with Gasteiger partial charge in [-0.3, -0.25) is 19.8 Å². The molecule has 144 valence electrons. The van der Waals surface area contributed by atoms with Gasteiger partial charge in [0, 0.05) is 17.0 Å². The Labute approximate surface area is 157 Å². The van der Waals surface area contributed by atoms with Gasteiger partial charge in [0.1, 0.15) is 5.75 Å². The zero-order chi connectivity index (χ0) is 19.4. The van der Waals surface area contributed by atoms with Crippen molar-refractivity contribution in [3.05, 3.63) is 73.1 Å². The number of aryl methyl sites for hydroxylation is 2. The first-order valence-electron chi connectivity index (χ1n) is 9.30. The van der Waals surface area contributed by atoms with Crippen LogP contribution in [-0.2, 0) is 0 Å². The third-order valence-corrected chi connectivity index (χ3v) is 4.84. The molecule has 0 spiro atoms. The lowest BCUT2D eigenvalue weighted by atomic mass is 9.85. The predicted octanol–water partition coefficient (Wildman–Crippen LogP) is 3.09. The van der Waals surface area contributed by atoms with Crippen molar-refractivity contribution in [1.82, 2.24) is 20.4 Å². The van der Waals surface area contributed by atoms with E-state index in [1.165, 1.54) is 0 Å². The van der Waals surface area contributed by atoms with E-state index in [4.69, 9.17) is 4.74 Å². The fourth-order valence-electron chi connectivity index (χ4n) is 3.45. The monoisotopic (exact) mass is 370 g/mol. The van der Waals surface area contributed by atoms with Crippen molar-refractivity contribution in [2.45, 2.75) is 46.0 Å². The van der Waals surface area contributed by atoms with Crippen molar-refractivity contribution in [3.63, 3.8) is 0 Å². The molecule has 0 radical (unpaired) electrons. The topological polar surface area (TPSA) is 107 Å². The third-order valence-electron chi connectivity index (χ3n) is 4.84. The van der Waals surface area contributed by atoms with E-state index in [1.807, 2.05) is 38.1 Å². The molecule has 2 heterocycles. The van der Waals surface area contributed by atoms with Crippen molar-refractivity contribution in [2.24, 2.45) is 0 Å². The van der Waals surface area contributed by atoms with E-state index >= 15 is 0 Å². The largest absolute Gasteiger partial charge is 0.493 e. The van der Waals surface area contributed by atoms with Gasteiger partial charge in [-0.05, 0) is 26.3 Å². The number of ether oxygens (including phenoxy) is 1. The van der Waals surface area contributed by atoms with E-state index in [9.17, 15) is 9.59 Å². The molecule has 0 aliphatic carbocycles. The summed E-state index contributed by atoms with van der Waals surface area (Å²) < 4.78 is 6.03. The maximum absolute atomic E-state index is 12.5. The Morgan fingerprint density at radius 1 is 0.889 bits per heavy atom. The number of nitrogens with one attached hydrogen (secondary N) is 4. The Bertz CT molecular complexity index is 954. The number of aromatic amines is 4.